The molecule has 1 unspecified atom stereocenters. The fraction of sp³-hybridized carbons (Fsp3) is 0.438. The standard InChI is InChI=1S/C16H22N2O3/c1-4-8-18-9-7-17-16(18)13(19)10-12-5-6-14(20-2)15(11-12)21-3/h5-7,9,11,13,19H,4,8,10H2,1-3H3. The topological polar surface area (TPSA) is 56.5 Å². The minimum atomic E-state index is -0.635. The van der Waals surface area contributed by atoms with Crippen LogP contribution in [0.3, 0.4) is 0 Å². The van der Waals surface area contributed by atoms with Crippen molar-refractivity contribution in [3.05, 3.63) is 42.0 Å². The largest absolute Gasteiger partial charge is 0.493 e. The van der Waals surface area contributed by atoms with Crippen LogP contribution < -0.4 is 9.47 Å². The lowest BCUT2D eigenvalue weighted by molar-refractivity contribution is 0.163. The first kappa shape index (κ1) is 15.4. The minimum Gasteiger partial charge on any atom is -0.493 e. The van der Waals surface area contributed by atoms with Gasteiger partial charge < -0.3 is 19.1 Å². The van der Waals surface area contributed by atoms with Crippen LogP contribution >= 0.6 is 0 Å². The summed E-state index contributed by atoms with van der Waals surface area (Å²) < 4.78 is 12.5. The molecule has 0 saturated carbocycles. The average Bonchev–Trinajstić information content (AvgIpc) is 2.96. The van der Waals surface area contributed by atoms with Gasteiger partial charge in [-0.2, -0.15) is 0 Å². The van der Waals surface area contributed by atoms with Crippen LogP contribution in [0.5, 0.6) is 11.5 Å². The lowest BCUT2D eigenvalue weighted by Gasteiger charge is -2.14. The Morgan fingerprint density at radius 1 is 1.24 bits per heavy atom. The minimum absolute atomic E-state index is 0.487. The van der Waals surface area contributed by atoms with Gasteiger partial charge in [-0.15, -0.1) is 0 Å². The molecule has 0 fully saturated rings. The van der Waals surface area contributed by atoms with E-state index in [9.17, 15) is 5.11 Å². The Bertz CT molecular complexity index is 581. The fourth-order valence-electron chi connectivity index (χ4n) is 2.37. The van der Waals surface area contributed by atoms with Crippen molar-refractivity contribution in [1.82, 2.24) is 9.55 Å². The van der Waals surface area contributed by atoms with Crippen LogP contribution in [-0.2, 0) is 13.0 Å². The number of aryl methyl sites for hydroxylation is 1. The predicted molar refractivity (Wildman–Crippen MR) is 80.7 cm³/mol. The van der Waals surface area contributed by atoms with Gasteiger partial charge >= 0.3 is 0 Å². The molecule has 1 atom stereocenters. The van der Waals surface area contributed by atoms with E-state index in [1.807, 2.05) is 29.0 Å². The van der Waals surface area contributed by atoms with Crippen molar-refractivity contribution in [2.24, 2.45) is 0 Å². The van der Waals surface area contributed by atoms with E-state index >= 15 is 0 Å². The number of ether oxygens (including phenoxy) is 2. The van der Waals surface area contributed by atoms with Crippen LogP contribution in [0.15, 0.2) is 30.6 Å². The van der Waals surface area contributed by atoms with Crippen molar-refractivity contribution < 1.29 is 14.6 Å². The molecule has 2 aromatic rings. The predicted octanol–water partition coefficient (Wildman–Crippen LogP) is 2.59. The molecule has 0 bridgehead atoms. The number of imidazole rings is 1. The van der Waals surface area contributed by atoms with Crippen LogP contribution in [0, 0.1) is 0 Å². The Labute approximate surface area is 125 Å². The molecule has 5 heteroatoms. The molecule has 0 amide bonds. The van der Waals surface area contributed by atoms with Gasteiger partial charge in [0, 0.05) is 25.4 Å². The first-order valence-electron chi connectivity index (χ1n) is 7.09. The average molecular weight is 290 g/mol. The smallest absolute Gasteiger partial charge is 0.160 e. The van der Waals surface area contributed by atoms with Crippen LogP contribution in [0.4, 0.5) is 0 Å². The number of aromatic nitrogens is 2. The zero-order valence-electron chi connectivity index (χ0n) is 12.7. The van der Waals surface area contributed by atoms with E-state index < -0.39 is 6.10 Å². The van der Waals surface area contributed by atoms with Crippen molar-refractivity contribution in [3.8, 4) is 11.5 Å². The van der Waals surface area contributed by atoms with Crippen molar-refractivity contribution in [2.45, 2.75) is 32.4 Å². The van der Waals surface area contributed by atoms with E-state index in [2.05, 4.69) is 11.9 Å². The van der Waals surface area contributed by atoms with Crippen molar-refractivity contribution in [2.75, 3.05) is 14.2 Å². The number of methoxy groups -OCH3 is 2. The summed E-state index contributed by atoms with van der Waals surface area (Å²) in [7, 11) is 3.21. The van der Waals surface area contributed by atoms with E-state index in [-0.39, 0.29) is 0 Å². The summed E-state index contributed by atoms with van der Waals surface area (Å²) in [5.41, 5.74) is 0.978. The third kappa shape index (κ3) is 3.55. The van der Waals surface area contributed by atoms with Crippen LogP contribution in [0.2, 0.25) is 0 Å². The Kier molecular flexibility index (Phi) is 5.22. The Hall–Kier alpha value is -2.01. The molecule has 0 aliphatic carbocycles. The van der Waals surface area contributed by atoms with Crippen molar-refractivity contribution in [3.63, 3.8) is 0 Å². The quantitative estimate of drug-likeness (QED) is 0.851. The first-order valence-corrected chi connectivity index (χ1v) is 7.09. The van der Waals surface area contributed by atoms with E-state index in [0.717, 1.165) is 18.5 Å². The number of hydrogen-bond donors (Lipinski definition) is 1. The van der Waals surface area contributed by atoms with Crippen LogP contribution in [-0.4, -0.2) is 28.9 Å². The zero-order chi connectivity index (χ0) is 15.2. The van der Waals surface area contributed by atoms with Gasteiger partial charge in [-0.05, 0) is 24.1 Å². The Morgan fingerprint density at radius 2 is 2.00 bits per heavy atom. The number of rotatable bonds is 7. The van der Waals surface area contributed by atoms with Gasteiger partial charge in [-0.25, -0.2) is 4.98 Å². The van der Waals surface area contributed by atoms with Gasteiger partial charge in [0.1, 0.15) is 11.9 Å². The molecule has 1 N–H and O–H groups in total. The molecule has 0 aliphatic heterocycles. The number of benzene rings is 1. The van der Waals surface area contributed by atoms with Gasteiger partial charge in [0.15, 0.2) is 11.5 Å². The van der Waals surface area contributed by atoms with Crippen molar-refractivity contribution in [1.29, 1.82) is 0 Å². The molecule has 0 radical (unpaired) electrons. The maximum atomic E-state index is 10.4. The second kappa shape index (κ2) is 7.13. The lowest BCUT2D eigenvalue weighted by atomic mass is 10.1. The molecule has 1 aromatic heterocycles. The fourth-order valence-corrected chi connectivity index (χ4v) is 2.37. The van der Waals surface area contributed by atoms with Gasteiger partial charge in [-0.3, -0.25) is 0 Å². The third-order valence-corrected chi connectivity index (χ3v) is 3.39. The summed E-state index contributed by atoms with van der Waals surface area (Å²) in [6, 6.07) is 5.66. The Balaban J connectivity index is 2.15. The second-order valence-corrected chi connectivity index (χ2v) is 4.89. The molecule has 114 valence electrons. The van der Waals surface area contributed by atoms with Gasteiger partial charge in [-0.1, -0.05) is 13.0 Å². The van der Waals surface area contributed by atoms with E-state index in [4.69, 9.17) is 9.47 Å². The van der Waals surface area contributed by atoms with Crippen LogP contribution in [0.25, 0.3) is 0 Å². The summed E-state index contributed by atoms with van der Waals surface area (Å²) in [4.78, 5) is 4.26. The van der Waals surface area contributed by atoms with E-state index in [1.54, 1.807) is 20.4 Å². The number of hydrogen-bond acceptors (Lipinski definition) is 4. The van der Waals surface area contributed by atoms with E-state index in [0.29, 0.717) is 23.7 Å². The second-order valence-electron chi connectivity index (χ2n) is 4.89. The first-order chi connectivity index (χ1) is 10.2. The molecule has 0 saturated heterocycles. The molecule has 0 spiro atoms. The molecule has 21 heavy (non-hydrogen) atoms. The maximum absolute atomic E-state index is 10.4. The van der Waals surface area contributed by atoms with Crippen LogP contribution in [0.1, 0.15) is 30.8 Å². The van der Waals surface area contributed by atoms with E-state index in [1.165, 1.54) is 0 Å². The van der Waals surface area contributed by atoms with Gasteiger partial charge in [0.2, 0.25) is 0 Å². The maximum Gasteiger partial charge on any atom is 0.160 e. The number of nitrogens with zero attached hydrogens (tertiary/aromatic N) is 2. The van der Waals surface area contributed by atoms with Gasteiger partial charge in [0.05, 0.1) is 14.2 Å². The summed E-state index contributed by atoms with van der Waals surface area (Å²) in [6.07, 6.45) is 4.48. The molecule has 1 aromatic carbocycles. The highest BCUT2D eigenvalue weighted by Gasteiger charge is 2.15. The highest BCUT2D eigenvalue weighted by molar-refractivity contribution is 5.43. The normalized spacial score (nSPS) is 12.2. The monoisotopic (exact) mass is 290 g/mol. The molecule has 5 nitrogen and oxygen atoms in total. The summed E-state index contributed by atoms with van der Waals surface area (Å²) in [6.45, 7) is 2.96. The molecule has 2 rings (SSSR count). The highest BCUT2D eigenvalue weighted by Crippen LogP contribution is 2.29. The summed E-state index contributed by atoms with van der Waals surface area (Å²) in [5.74, 6) is 2.05. The molecule has 0 aliphatic rings. The molecular formula is C16H22N2O3. The molecular weight excluding hydrogens is 268 g/mol. The van der Waals surface area contributed by atoms with Gasteiger partial charge in [0.25, 0.3) is 0 Å². The number of aliphatic hydroxyl groups is 1. The summed E-state index contributed by atoms with van der Waals surface area (Å²) in [5, 5.41) is 10.4. The Morgan fingerprint density at radius 3 is 2.67 bits per heavy atom. The van der Waals surface area contributed by atoms with Crippen molar-refractivity contribution >= 4 is 0 Å². The third-order valence-electron chi connectivity index (χ3n) is 3.39. The molecule has 1 heterocycles. The lowest BCUT2D eigenvalue weighted by Crippen LogP contribution is -2.11. The zero-order valence-corrected chi connectivity index (χ0v) is 12.7. The number of aliphatic hydroxyl groups excluding tert-OH is 1. The summed E-state index contributed by atoms with van der Waals surface area (Å²) >= 11 is 0. The SMILES string of the molecule is CCCn1ccnc1C(O)Cc1ccc(OC)c(OC)c1. The highest BCUT2D eigenvalue weighted by atomic mass is 16.5.